The molecule has 0 spiro atoms. The molecule has 0 aliphatic rings. The zero-order valence-corrected chi connectivity index (χ0v) is 19.7. The lowest BCUT2D eigenvalue weighted by Gasteiger charge is -2.05. The summed E-state index contributed by atoms with van der Waals surface area (Å²) >= 11 is 0. The predicted molar refractivity (Wildman–Crippen MR) is 134 cm³/mol. The van der Waals surface area contributed by atoms with E-state index in [9.17, 15) is 9.90 Å². The average molecular weight is 472 g/mol. The molecule has 0 atom stereocenters. The normalized spacial score (nSPS) is 11.3. The third-order valence-corrected chi connectivity index (χ3v) is 5.90. The third-order valence-electron chi connectivity index (χ3n) is 5.90. The van der Waals surface area contributed by atoms with Gasteiger partial charge in [-0.3, -0.25) is 4.79 Å². The van der Waals surface area contributed by atoms with Gasteiger partial charge in [0.25, 0.3) is 0 Å². The van der Waals surface area contributed by atoms with Gasteiger partial charge in [0.15, 0.2) is 5.76 Å². The van der Waals surface area contributed by atoms with Crippen molar-refractivity contribution in [2.75, 3.05) is 20.8 Å². The molecule has 3 aromatic heterocycles. The molecule has 0 fully saturated rings. The van der Waals surface area contributed by atoms with E-state index in [1.165, 1.54) is 6.07 Å². The lowest BCUT2D eigenvalue weighted by Crippen LogP contribution is -2.02. The number of methoxy groups -OCH3 is 2. The molecule has 35 heavy (non-hydrogen) atoms. The molecule has 0 aliphatic heterocycles. The second kappa shape index (κ2) is 9.15. The van der Waals surface area contributed by atoms with E-state index in [4.69, 9.17) is 18.9 Å². The molecule has 0 saturated carbocycles. The number of imidazole rings is 1. The van der Waals surface area contributed by atoms with Gasteiger partial charge in [-0.25, -0.2) is 4.98 Å². The first-order valence-corrected chi connectivity index (χ1v) is 11.2. The molecule has 5 aromatic rings. The molecule has 8 heteroatoms. The summed E-state index contributed by atoms with van der Waals surface area (Å²) in [5, 5.41) is 11.5. The van der Waals surface area contributed by atoms with Crippen molar-refractivity contribution in [1.82, 2.24) is 14.5 Å². The zero-order chi connectivity index (χ0) is 24.5. The molecule has 0 saturated heterocycles. The van der Waals surface area contributed by atoms with Crippen molar-refractivity contribution in [1.29, 1.82) is 0 Å². The van der Waals surface area contributed by atoms with E-state index < -0.39 is 11.2 Å². The molecule has 0 amide bonds. The Balaban J connectivity index is 1.77. The summed E-state index contributed by atoms with van der Waals surface area (Å²) in [7, 11) is 3.30. The van der Waals surface area contributed by atoms with Crippen LogP contribution in [0, 0.1) is 6.92 Å². The van der Waals surface area contributed by atoms with Gasteiger partial charge in [0.2, 0.25) is 11.2 Å². The van der Waals surface area contributed by atoms with Crippen molar-refractivity contribution in [3.63, 3.8) is 0 Å². The maximum atomic E-state index is 12.3. The highest BCUT2D eigenvalue weighted by molar-refractivity contribution is 5.96. The standard InChI is InChI=1S/C27H25N3O5/c1-16-13-22(31)25(32)26(35-16)24-23(17-7-5-4-6-8-17)28-27(29-24)20-15-30(11-12-33-2)21-10-9-18(34-3)14-19(20)21/h4-10,13-15,32H,11-12H2,1-3H3,(H,28,29). The number of ether oxygens (including phenoxy) is 2. The summed E-state index contributed by atoms with van der Waals surface area (Å²) in [6, 6.07) is 16.7. The maximum absolute atomic E-state index is 12.3. The summed E-state index contributed by atoms with van der Waals surface area (Å²) in [6.07, 6.45) is 2.01. The fourth-order valence-electron chi connectivity index (χ4n) is 4.21. The first-order valence-electron chi connectivity index (χ1n) is 11.2. The molecular formula is C27H25N3O5. The topological polar surface area (TPSA) is 103 Å². The molecule has 3 heterocycles. The van der Waals surface area contributed by atoms with E-state index in [-0.39, 0.29) is 5.76 Å². The van der Waals surface area contributed by atoms with Crippen LogP contribution in [-0.4, -0.2) is 40.5 Å². The third kappa shape index (κ3) is 4.08. The Bertz CT molecular complexity index is 1560. The number of rotatable bonds is 7. The molecule has 8 nitrogen and oxygen atoms in total. The molecule has 0 bridgehead atoms. The average Bonchev–Trinajstić information content (AvgIpc) is 3.47. The number of H-pyrrole nitrogens is 1. The highest BCUT2D eigenvalue weighted by Gasteiger charge is 2.23. The van der Waals surface area contributed by atoms with Gasteiger partial charge in [-0.15, -0.1) is 0 Å². The van der Waals surface area contributed by atoms with Crippen LogP contribution in [0.5, 0.6) is 11.5 Å². The minimum Gasteiger partial charge on any atom is -0.501 e. The number of aryl methyl sites for hydroxylation is 1. The first kappa shape index (κ1) is 22.5. The highest BCUT2D eigenvalue weighted by Crippen LogP contribution is 2.39. The summed E-state index contributed by atoms with van der Waals surface area (Å²) in [6.45, 7) is 2.88. The number of aromatic hydroxyl groups is 1. The molecule has 178 valence electrons. The van der Waals surface area contributed by atoms with Crippen LogP contribution in [0.4, 0.5) is 0 Å². The molecule has 2 N–H and O–H groups in total. The summed E-state index contributed by atoms with van der Waals surface area (Å²) in [5.41, 5.74) is 3.12. The van der Waals surface area contributed by atoms with E-state index in [0.717, 1.165) is 27.8 Å². The van der Waals surface area contributed by atoms with Crippen LogP contribution in [0.3, 0.4) is 0 Å². The molecule has 0 radical (unpaired) electrons. The van der Waals surface area contributed by atoms with Crippen molar-refractivity contribution in [2.45, 2.75) is 13.5 Å². The Morgan fingerprint density at radius 1 is 1.11 bits per heavy atom. The highest BCUT2D eigenvalue weighted by atomic mass is 16.5. The van der Waals surface area contributed by atoms with Crippen LogP contribution in [-0.2, 0) is 11.3 Å². The molecular weight excluding hydrogens is 446 g/mol. The predicted octanol–water partition coefficient (Wildman–Crippen LogP) is 4.99. The van der Waals surface area contributed by atoms with E-state index in [0.29, 0.717) is 36.1 Å². The summed E-state index contributed by atoms with van der Waals surface area (Å²) in [4.78, 5) is 20.6. The Hall–Kier alpha value is -4.30. The van der Waals surface area contributed by atoms with Gasteiger partial charge in [-0.1, -0.05) is 30.3 Å². The number of nitrogens with one attached hydrogen (secondary N) is 1. The van der Waals surface area contributed by atoms with Gasteiger partial charge in [0, 0.05) is 47.9 Å². The Kier molecular flexibility index (Phi) is 5.88. The SMILES string of the molecule is COCCn1cc(-c2nc(-c3ccccc3)c(-c3oc(C)cc(=O)c3O)[nH]2)c2cc(OC)ccc21. The minimum atomic E-state index is -0.514. The van der Waals surface area contributed by atoms with Crippen LogP contribution in [0.1, 0.15) is 5.76 Å². The van der Waals surface area contributed by atoms with Crippen LogP contribution >= 0.6 is 0 Å². The number of aromatic nitrogens is 3. The van der Waals surface area contributed by atoms with Gasteiger partial charge >= 0.3 is 0 Å². The molecule has 0 aliphatic carbocycles. The molecule has 5 rings (SSSR count). The Morgan fingerprint density at radius 2 is 1.91 bits per heavy atom. The number of fused-ring (bicyclic) bond motifs is 1. The van der Waals surface area contributed by atoms with E-state index in [2.05, 4.69) is 9.55 Å². The number of benzene rings is 2. The maximum Gasteiger partial charge on any atom is 0.227 e. The van der Waals surface area contributed by atoms with Crippen LogP contribution < -0.4 is 10.2 Å². The molecule has 0 unspecified atom stereocenters. The number of hydrogen-bond donors (Lipinski definition) is 2. The number of hydrogen-bond acceptors (Lipinski definition) is 6. The van der Waals surface area contributed by atoms with Crippen molar-refractivity contribution < 1.29 is 19.0 Å². The molecule has 2 aromatic carbocycles. The smallest absolute Gasteiger partial charge is 0.227 e. The number of aromatic amines is 1. The second-order valence-corrected chi connectivity index (χ2v) is 8.19. The second-order valence-electron chi connectivity index (χ2n) is 8.19. The van der Waals surface area contributed by atoms with E-state index in [1.54, 1.807) is 21.1 Å². The van der Waals surface area contributed by atoms with Crippen molar-refractivity contribution in [3.05, 3.63) is 76.8 Å². The summed E-state index contributed by atoms with van der Waals surface area (Å²) < 4.78 is 18.7. The van der Waals surface area contributed by atoms with Crippen molar-refractivity contribution >= 4 is 10.9 Å². The largest absolute Gasteiger partial charge is 0.501 e. The Labute approximate surface area is 201 Å². The quantitative estimate of drug-likeness (QED) is 0.347. The van der Waals surface area contributed by atoms with Gasteiger partial charge in [0.05, 0.1) is 13.7 Å². The van der Waals surface area contributed by atoms with Gasteiger partial charge in [0.1, 0.15) is 28.7 Å². The van der Waals surface area contributed by atoms with Gasteiger partial charge in [-0.2, -0.15) is 0 Å². The first-order chi connectivity index (χ1) is 17.0. The minimum absolute atomic E-state index is 0.0494. The van der Waals surface area contributed by atoms with Gasteiger partial charge < -0.3 is 28.5 Å². The van der Waals surface area contributed by atoms with E-state index in [1.807, 2.05) is 54.7 Å². The van der Waals surface area contributed by atoms with Crippen LogP contribution in [0.25, 0.3) is 45.0 Å². The zero-order valence-electron chi connectivity index (χ0n) is 19.7. The lowest BCUT2D eigenvalue weighted by atomic mass is 10.1. The van der Waals surface area contributed by atoms with Crippen LogP contribution in [0.2, 0.25) is 0 Å². The van der Waals surface area contributed by atoms with Gasteiger partial charge in [-0.05, 0) is 25.1 Å². The summed E-state index contributed by atoms with van der Waals surface area (Å²) in [5.74, 6) is 1.26. The van der Waals surface area contributed by atoms with Crippen LogP contribution in [0.15, 0.2) is 70.0 Å². The fraction of sp³-hybridized carbons (Fsp3) is 0.185. The lowest BCUT2D eigenvalue weighted by molar-refractivity contribution is 0.188. The fourth-order valence-corrected chi connectivity index (χ4v) is 4.21. The number of nitrogens with zero attached hydrogens (tertiary/aromatic N) is 2. The van der Waals surface area contributed by atoms with E-state index >= 15 is 0 Å². The monoisotopic (exact) mass is 471 g/mol. The Morgan fingerprint density at radius 3 is 2.66 bits per heavy atom. The van der Waals surface area contributed by atoms with Crippen molar-refractivity contribution in [3.8, 4) is 45.6 Å². The van der Waals surface area contributed by atoms with Crippen molar-refractivity contribution in [2.24, 2.45) is 0 Å².